The van der Waals surface area contributed by atoms with Crippen molar-refractivity contribution >= 4 is 11.9 Å². The number of hydrogen-bond acceptors (Lipinski definition) is 5. The van der Waals surface area contributed by atoms with Crippen molar-refractivity contribution in [3.05, 3.63) is 52.6 Å². The van der Waals surface area contributed by atoms with E-state index in [2.05, 4.69) is 0 Å². The summed E-state index contributed by atoms with van der Waals surface area (Å²) in [4.78, 5) is 24.6. The van der Waals surface area contributed by atoms with E-state index in [0.717, 1.165) is 35.1 Å². The quantitative estimate of drug-likeness (QED) is 0.811. The summed E-state index contributed by atoms with van der Waals surface area (Å²) >= 11 is 0. The van der Waals surface area contributed by atoms with Gasteiger partial charge in [-0.3, -0.25) is 0 Å². The Hall–Kier alpha value is -2.82. The van der Waals surface area contributed by atoms with Crippen LogP contribution in [0.1, 0.15) is 31.8 Å². The van der Waals surface area contributed by atoms with Gasteiger partial charge in [-0.05, 0) is 47.7 Å². The predicted octanol–water partition coefficient (Wildman–Crippen LogP) is 3.03. The van der Waals surface area contributed by atoms with E-state index in [9.17, 15) is 9.59 Å². The number of fused-ring (bicyclic) bond motifs is 3. The first-order valence-electron chi connectivity index (χ1n) is 7.60. The molecule has 0 saturated heterocycles. The van der Waals surface area contributed by atoms with Gasteiger partial charge in [-0.25, -0.2) is 9.59 Å². The van der Waals surface area contributed by atoms with Crippen molar-refractivity contribution in [1.82, 2.24) is 0 Å². The van der Waals surface area contributed by atoms with Crippen molar-refractivity contribution in [1.29, 1.82) is 0 Å². The van der Waals surface area contributed by atoms with Crippen LogP contribution in [-0.2, 0) is 22.3 Å². The third-order valence-electron chi connectivity index (χ3n) is 4.34. The van der Waals surface area contributed by atoms with Gasteiger partial charge in [0.2, 0.25) is 0 Å². The zero-order chi connectivity index (χ0) is 17.3. The fraction of sp³-hybridized carbons (Fsp3) is 0.263. The zero-order valence-electron chi connectivity index (χ0n) is 13.8. The second-order valence-electron chi connectivity index (χ2n) is 5.53. The van der Waals surface area contributed by atoms with Crippen LogP contribution in [0.25, 0.3) is 11.1 Å². The molecule has 1 aliphatic carbocycles. The van der Waals surface area contributed by atoms with Crippen LogP contribution in [0.3, 0.4) is 0 Å². The number of carbonyl (C=O) groups excluding carboxylic acids is 2. The summed E-state index contributed by atoms with van der Waals surface area (Å²) in [5, 5.41) is 0. The topological polar surface area (TPSA) is 61.8 Å². The number of rotatable bonds is 3. The molecule has 1 aliphatic rings. The average Bonchev–Trinajstić information content (AvgIpc) is 2.64. The predicted molar refractivity (Wildman–Crippen MR) is 88.5 cm³/mol. The molecule has 5 heteroatoms. The van der Waals surface area contributed by atoms with Crippen molar-refractivity contribution < 1.29 is 23.8 Å². The molecule has 2 aromatic rings. The Morgan fingerprint density at radius 1 is 0.875 bits per heavy atom. The largest absolute Gasteiger partial charge is 0.497 e. The molecule has 0 bridgehead atoms. The molecule has 124 valence electrons. The minimum atomic E-state index is -0.562. The van der Waals surface area contributed by atoms with Crippen molar-refractivity contribution in [2.75, 3.05) is 21.3 Å². The van der Waals surface area contributed by atoms with E-state index in [-0.39, 0.29) is 11.1 Å². The highest BCUT2D eigenvalue weighted by molar-refractivity contribution is 6.09. The van der Waals surface area contributed by atoms with E-state index in [1.165, 1.54) is 14.2 Å². The molecular formula is C19H18O5. The minimum absolute atomic E-state index is 0.207. The lowest BCUT2D eigenvalue weighted by Crippen LogP contribution is -2.17. The summed E-state index contributed by atoms with van der Waals surface area (Å²) in [5.74, 6) is -0.419. The summed E-state index contributed by atoms with van der Waals surface area (Å²) in [6.07, 6.45) is 1.66. The Balaban J connectivity index is 2.34. The number of methoxy groups -OCH3 is 3. The third-order valence-corrected chi connectivity index (χ3v) is 4.34. The van der Waals surface area contributed by atoms with Gasteiger partial charge in [0.25, 0.3) is 0 Å². The van der Waals surface area contributed by atoms with Gasteiger partial charge in [-0.1, -0.05) is 12.1 Å². The number of hydrogen-bond donors (Lipinski definition) is 0. The molecule has 0 saturated carbocycles. The van der Waals surface area contributed by atoms with E-state index in [0.29, 0.717) is 5.75 Å². The second-order valence-corrected chi connectivity index (χ2v) is 5.53. The van der Waals surface area contributed by atoms with Gasteiger partial charge in [0.05, 0.1) is 32.5 Å². The van der Waals surface area contributed by atoms with Crippen molar-refractivity contribution in [3.8, 4) is 16.9 Å². The summed E-state index contributed by atoms with van der Waals surface area (Å²) < 4.78 is 15.1. The average molecular weight is 326 g/mol. The molecule has 5 nitrogen and oxygen atoms in total. The maximum absolute atomic E-state index is 12.4. The first-order valence-corrected chi connectivity index (χ1v) is 7.60. The Labute approximate surface area is 140 Å². The van der Waals surface area contributed by atoms with Gasteiger partial charge in [0.1, 0.15) is 5.75 Å². The molecule has 3 rings (SSSR count). The highest BCUT2D eigenvalue weighted by Crippen LogP contribution is 2.39. The van der Waals surface area contributed by atoms with Gasteiger partial charge in [0.15, 0.2) is 0 Å². The highest BCUT2D eigenvalue weighted by Gasteiger charge is 2.28. The first kappa shape index (κ1) is 16.1. The van der Waals surface area contributed by atoms with Crippen LogP contribution in [0.5, 0.6) is 5.75 Å². The summed E-state index contributed by atoms with van der Waals surface area (Å²) in [5.41, 5.74) is 4.18. The molecule has 0 amide bonds. The second kappa shape index (κ2) is 6.35. The van der Waals surface area contributed by atoms with Gasteiger partial charge in [-0.2, -0.15) is 0 Å². The van der Waals surface area contributed by atoms with Gasteiger partial charge < -0.3 is 14.2 Å². The third kappa shape index (κ3) is 2.52. The van der Waals surface area contributed by atoms with Crippen molar-refractivity contribution in [2.45, 2.75) is 12.8 Å². The van der Waals surface area contributed by atoms with Crippen molar-refractivity contribution in [2.24, 2.45) is 0 Å². The molecule has 0 aromatic heterocycles. The molecule has 0 radical (unpaired) electrons. The van der Waals surface area contributed by atoms with Crippen LogP contribution in [0.15, 0.2) is 30.3 Å². The standard InChI is InChI=1S/C19H18O5/c1-22-13-8-6-11-4-5-12-7-9-14(18(20)23-2)17(19(21)24-3)16(12)15(11)10-13/h6-10H,4-5H2,1-3H3. The number of ether oxygens (including phenoxy) is 3. The molecule has 24 heavy (non-hydrogen) atoms. The highest BCUT2D eigenvalue weighted by atomic mass is 16.5. The van der Waals surface area contributed by atoms with Crippen LogP contribution in [0.4, 0.5) is 0 Å². The lowest BCUT2D eigenvalue weighted by molar-refractivity contribution is 0.0556. The Bertz CT molecular complexity index is 823. The van der Waals surface area contributed by atoms with E-state index in [1.807, 2.05) is 24.3 Å². The Kier molecular flexibility index (Phi) is 4.25. The van der Waals surface area contributed by atoms with Crippen LogP contribution in [0, 0.1) is 0 Å². The molecule has 0 spiro atoms. The van der Waals surface area contributed by atoms with Crippen LogP contribution in [0.2, 0.25) is 0 Å². The Morgan fingerprint density at radius 2 is 1.54 bits per heavy atom. The fourth-order valence-corrected chi connectivity index (χ4v) is 3.16. The molecule has 0 unspecified atom stereocenters. The summed E-state index contributed by atoms with van der Waals surface area (Å²) in [7, 11) is 4.19. The molecular weight excluding hydrogens is 308 g/mol. The van der Waals surface area contributed by atoms with Gasteiger partial charge in [-0.15, -0.1) is 0 Å². The molecule has 0 N–H and O–H groups in total. The SMILES string of the molecule is COC(=O)c1ccc2c(c1C(=O)OC)-c1cc(OC)ccc1CC2. The number of esters is 2. The minimum Gasteiger partial charge on any atom is -0.497 e. The molecule has 0 fully saturated rings. The van der Waals surface area contributed by atoms with Gasteiger partial charge in [0, 0.05) is 5.56 Å². The normalized spacial score (nSPS) is 12.0. The van der Waals surface area contributed by atoms with E-state index in [1.54, 1.807) is 13.2 Å². The lowest BCUT2D eigenvalue weighted by atomic mass is 9.81. The van der Waals surface area contributed by atoms with Gasteiger partial charge >= 0.3 is 11.9 Å². The van der Waals surface area contributed by atoms with E-state index >= 15 is 0 Å². The number of carbonyl (C=O) groups is 2. The maximum atomic E-state index is 12.4. The molecule has 2 aromatic carbocycles. The smallest absolute Gasteiger partial charge is 0.339 e. The number of aryl methyl sites for hydroxylation is 2. The zero-order valence-corrected chi connectivity index (χ0v) is 13.8. The summed E-state index contributed by atoms with van der Waals surface area (Å²) in [6, 6.07) is 9.27. The Morgan fingerprint density at radius 3 is 2.21 bits per heavy atom. The molecule has 0 heterocycles. The van der Waals surface area contributed by atoms with Crippen LogP contribution in [-0.4, -0.2) is 33.3 Å². The summed E-state index contributed by atoms with van der Waals surface area (Å²) in [6.45, 7) is 0. The first-order chi connectivity index (χ1) is 11.6. The lowest BCUT2D eigenvalue weighted by Gasteiger charge is -2.24. The monoisotopic (exact) mass is 326 g/mol. The molecule has 0 atom stereocenters. The molecule has 0 aliphatic heterocycles. The fourth-order valence-electron chi connectivity index (χ4n) is 3.16. The van der Waals surface area contributed by atoms with Crippen molar-refractivity contribution in [3.63, 3.8) is 0 Å². The maximum Gasteiger partial charge on any atom is 0.339 e. The number of benzene rings is 2. The van der Waals surface area contributed by atoms with E-state index < -0.39 is 11.9 Å². The van der Waals surface area contributed by atoms with Crippen LogP contribution >= 0.6 is 0 Å². The van der Waals surface area contributed by atoms with E-state index in [4.69, 9.17) is 14.2 Å². The van der Waals surface area contributed by atoms with Crippen LogP contribution < -0.4 is 4.74 Å².